The third-order valence-electron chi connectivity index (χ3n) is 3.86. The van der Waals surface area contributed by atoms with Gasteiger partial charge in [-0.1, -0.05) is 64.0 Å². The summed E-state index contributed by atoms with van der Waals surface area (Å²) >= 11 is 0. The Morgan fingerprint density at radius 1 is 1.10 bits per heavy atom. The standard InChI is InChI=1S/C10H15.C6H5N3O.Fe/c1-6-7(2)9(4)10(5)8(6)3;7-9-8-6(10)5-3-1-2-4-5;/h1-5H3;1-4,10H;/q-1;;+2/p-1. The van der Waals surface area contributed by atoms with Crippen molar-refractivity contribution in [2.45, 2.75) is 34.6 Å². The van der Waals surface area contributed by atoms with Crippen molar-refractivity contribution in [3.63, 3.8) is 0 Å². The van der Waals surface area contributed by atoms with E-state index in [1.54, 1.807) is 24.3 Å². The third-order valence-corrected chi connectivity index (χ3v) is 3.86. The maximum absolute atomic E-state index is 10.7. The van der Waals surface area contributed by atoms with Crippen molar-refractivity contribution in [3.8, 4) is 0 Å². The number of hydrogen-bond acceptors (Lipinski definition) is 2. The summed E-state index contributed by atoms with van der Waals surface area (Å²) in [5.41, 5.74) is 15.6. The summed E-state index contributed by atoms with van der Waals surface area (Å²) < 4.78 is 0. The number of hydrogen-bond donors (Lipinski definition) is 0. The third kappa shape index (κ3) is 4.61. The van der Waals surface area contributed by atoms with Crippen LogP contribution >= 0.6 is 0 Å². The Labute approximate surface area is 136 Å². The van der Waals surface area contributed by atoms with Gasteiger partial charge in [0.05, 0.1) is 0 Å². The maximum Gasteiger partial charge on any atom is 2.00 e. The Balaban J connectivity index is 0.000000364. The summed E-state index contributed by atoms with van der Waals surface area (Å²) in [6.45, 7) is 11.0. The summed E-state index contributed by atoms with van der Waals surface area (Å²) in [5, 5.41) is 13.6. The van der Waals surface area contributed by atoms with Crippen LogP contribution in [0.15, 0.2) is 40.9 Å². The molecule has 0 aliphatic heterocycles. The van der Waals surface area contributed by atoms with E-state index in [0.717, 1.165) is 0 Å². The molecule has 21 heavy (non-hydrogen) atoms. The van der Waals surface area contributed by atoms with Gasteiger partial charge in [-0.2, -0.15) is 27.8 Å². The molecule has 0 atom stereocenters. The van der Waals surface area contributed by atoms with Crippen molar-refractivity contribution in [3.05, 3.63) is 74.0 Å². The molecule has 0 fully saturated rings. The van der Waals surface area contributed by atoms with Crippen molar-refractivity contribution in [2.75, 3.05) is 0 Å². The van der Waals surface area contributed by atoms with Gasteiger partial charge in [0, 0.05) is 4.91 Å². The molecule has 0 heterocycles. The average molecular weight is 325 g/mol. The minimum absolute atomic E-state index is 0. The number of rotatable bonds is 1. The normalized spacial score (nSPS) is 11.4. The molecule has 2 rings (SSSR count). The second-order valence-corrected chi connectivity index (χ2v) is 4.79. The van der Waals surface area contributed by atoms with Crippen LogP contribution in [0.25, 0.3) is 10.4 Å². The zero-order valence-corrected chi connectivity index (χ0v) is 14.0. The number of nitrogens with zero attached hydrogens (tertiary/aromatic N) is 3. The smallest absolute Gasteiger partial charge is 0.871 e. The van der Waals surface area contributed by atoms with Gasteiger partial charge in [-0.15, -0.1) is 0 Å². The van der Waals surface area contributed by atoms with Gasteiger partial charge in [-0.3, -0.25) is 0 Å². The first-order valence-electron chi connectivity index (χ1n) is 6.41. The molecule has 1 aliphatic carbocycles. The topological polar surface area (TPSA) is 71.8 Å². The first kappa shape index (κ1) is 19.2. The van der Waals surface area contributed by atoms with E-state index in [0.29, 0.717) is 5.57 Å². The second kappa shape index (κ2) is 8.48. The van der Waals surface area contributed by atoms with Gasteiger partial charge in [-0.25, -0.2) is 0 Å². The molecule has 1 aliphatic rings. The molecule has 0 saturated carbocycles. The Morgan fingerprint density at radius 3 is 1.81 bits per heavy atom. The molecule has 0 N–H and O–H groups in total. The largest absolute Gasteiger partial charge is 2.00 e. The summed E-state index contributed by atoms with van der Waals surface area (Å²) in [7, 11) is 0. The average Bonchev–Trinajstić information content (AvgIpc) is 3.02. The van der Waals surface area contributed by atoms with Gasteiger partial charge in [0.15, 0.2) is 0 Å². The van der Waals surface area contributed by atoms with Gasteiger partial charge in [0.2, 0.25) is 0 Å². The van der Waals surface area contributed by atoms with Crippen LogP contribution in [0.5, 0.6) is 0 Å². The van der Waals surface area contributed by atoms with Crippen molar-refractivity contribution in [1.29, 1.82) is 0 Å². The fourth-order valence-electron chi connectivity index (χ4n) is 2.02. The molecule has 0 radical (unpaired) electrons. The van der Waals surface area contributed by atoms with Gasteiger partial charge < -0.3 is 5.11 Å². The van der Waals surface area contributed by atoms with Crippen LogP contribution in [0.3, 0.4) is 0 Å². The van der Waals surface area contributed by atoms with Crippen LogP contribution in [-0.4, -0.2) is 0 Å². The van der Waals surface area contributed by atoms with Crippen molar-refractivity contribution in [1.82, 2.24) is 0 Å². The van der Waals surface area contributed by atoms with Crippen molar-refractivity contribution in [2.24, 2.45) is 5.11 Å². The summed E-state index contributed by atoms with van der Waals surface area (Å²) in [4.78, 5) is 2.37. The van der Waals surface area contributed by atoms with E-state index < -0.39 is 5.88 Å². The quantitative estimate of drug-likeness (QED) is 0.192. The van der Waals surface area contributed by atoms with Crippen molar-refractivity contribution < 1.29 is 22.2 Å². The van der Waals surface area contributed by atoms with Crippen molar-refractivity contribution >= 4 is 0 Å². The molecule has 0 bridgehead atoms. The Hall–Kier alpha value is -1.80. The molecule has 0 saturated heterocycles. The Kier molecular flexibility index (Phi) is 7.75. The van der Waals surface area contributed by atoms with Crippen LogP contribution in [0.1, 0.15) is 27.8 Å². The fraction of sp³-hybridized carbons (Fsp3) is 0.312. The van der Waals surface area contributed by atoms with Gasteiger partial charge in [-0.05, 0) is 17.0 Å². The van der Waals surface area contributed by atoms with Crippen LogP contribution < -0.4 is 5.11 Å². The molecular weight excluding hydrogens is 306 g/mol. The predicted octanol–water partition coefficient (Wildman–Crippen LogP) is 3.94. The summed E-state index contributed by atoms with van der Waals surface area (Å²) in [6, 6.07) is 0. The summed E-state index contributed by atoms with van der Waals surface area (Å²) in [5.74, 6) is -0.535. The van der Waals surface area contributed by atoms with E-state index in [4.69, 9.17) is 5.53 Å². The molecule has 5 heteroatoms. The second-order valence-electron chi connectivity index (χ2n) is 4.79. The van der Waals surface area contributed by atoms with Crippen LogP contribution in [0.2, 0.25) is 0 Å². The summed E-state index contributed by atoms with van der Waals surface area (Å²) in [6.07, 6.45) is 6.61. The minimum Gasteiger partial charge on any atom is -0.871 e. The first-order chi connectivity index (χ1) is 9.40. The molecule has 0 aromatic heterocycles. The molecule has 1 aromatic carbocycles. The predicted molar refractivity (Wildman–Crippen MR) is 80.2 cm³/mol. The van der Waals surface area contributed by atoms with Crippen LogP contribution in [-0.2, 0) is 17.1 Å². The maximum atomic E-state index is 10.7. The van der Waals surface area contributed by atoms with Crippen LogP contribution in [0, 0.1) is 34.6 Å². The Morgan fingerprint density at radius 2 is 1.52 bits per heavy atom. The zero-order chi connectivity index (χ0) is 15.3. The SMILES string of the molecule is Cc1c(C)c(C)[c-](C)c1C.[Fe+2].[N-]=[N+]=NC([O-])=C1C=CC=C1. The molecule has 0 spiro atoms. The number of azide groups is 1. The number of allylic oxidation sites excluding steroid dienone is 5. The van der Waals surface area contributed by atoms with E-state index in [2.05, 4.69) is 44.6 Å². The zero-order valence-electron chi connectivity index (χ0n) is 12.9. The molecule has 0 unspecified atom stereocenters. The molecular formula is C16H19FeN3O. The van der Waals surface area contributed by atoms with Gasteiger partial charge in [0.1, 0.15) is 0 Å². The molecule has 0 amide bonds. The fourth-order valence-corrected chi connectivity index (χ4v) is 2.02. The van der Waals surface area contributed by atoms with E-state index in [1.807, 2.05) is 0 Å². The molecule has 4 nitrogen and oxygen atoms in total. The van der Waals surface area contributed by atoms with Gasteiger partial charge >= 0.3 is 17.1 Å². The van der Waals surface area contributed by atoms with E-state index in [9.17, 15) is 5.11 Å². The van der Waals surface area contributed by atoms with E-state index in [-0.39, 0.29) is 17.1 Å². The molecule has 1 aromatic rings. The minimum atomic E-state index is -0.535. The Bertz CT molecular complexity index is 551. The van der Waals surface area contributed by atoms with E-state index in [1.165, 1.54) is 27.8 Å². The first-order valence-corrected chi connectivity index (χ1v) is 6.41. The van der Waals surface area contributed by atoms with Crippen LogP contribution in [0.4, 0.5) is 0 Å². The van der Waals surface area contributed by atoms with E-state index >= 15 is 0 Å². The molecule has 112 valence electrons. The van der Waals surface area contributed by atoms with Gasteiger partial charge in [0.25, 0.3) is 0 Å². The monoisotopic (exact) mass is 325 g/mol.